The Morgan fingerprint density at radius 2 is 1.42 bits per heavy atom. The summed E-state index contributed by atoms with van der Waals surface area (Å²) in [6.07, 6.45) is 6.59. The van der Waals surface area contributed by atoms with E-state index in [1.165, 1.54) is 0 Å². The predicted octanol–water partition coefficient (Wildman–Crippen LogP) is 3.85. The highest BCUT2D eigenvalue weighted by atomic mass is 16.2. The number of hydrogen-bond donors (Lipinski definition) is 3. The Hall–Kier alpha value is -1.92. The van der Waals surface area contributed by atoms with Gasteiger partial charge >= 0.3 is 0 Å². The van der Waals surface area contributed by atoms with Gasteiger partial charge in [-0.1, -0.05) is 34.1 Å². The fraction of sp³-hybridized carbons (Fsp3) is 0.833. The van der Waals surface area contributed by atoms with Gasteiger partial charge in [0.15, 0.2) is 0 Å². The number of hydrogen-bond acceptors (Lipinski definition) is 4. The van der Waals surface area contributed by atoms with Gasteiger partial charge in [-0.05, 0) is 44.4 Å². The van der Waals surface area contributed by atoms with E-state index in [1.54, 1.807) is 0 Å². The predicted molar refractivity (Wildman–Crippen MR) is 129 cm³/mol. The summed E-state index contributed by atoms with van der Waals surface area (Å²) >= 11 is 0. The molecule has 0 aromatic carbocycles. The highest BCUT2D eigenvalue weighted by molar-refractivity contribution is 5.83. The van der Waals surface area contributed by atoms with Crippen LogP contribution in [0.3, 0.4) is 0 Å². The summed E-state index contributed by atoms with van der Waals surface area (Å²) in [6, 6.07) is 0.143. The third-order valence-electron chi connectivity index (χ3n) is 6.12. The Kier molecular flexibility index (Phi) is 13.1. The van der Waals surface area contributed by atoms with E-state index < -0.39 is 0 Å². The summed E-state index contributed by atoms with van der Waals surface area (Å²) in [4.78, 5) is 47.8. The zero-order chi connectivity index (χ0) is 23.2. The number of Topliss-reactive ketones (excluding diaryl/α,β-unsaturated/α-hetero) is 1. The average molecular weight is 444 g/mol. The molecule has 7 heteroatoms. The van der Waals surface area contributed by atoms with Crippen LogP contribution in [-0.2, 0) is 19.2 Å². The highest BCUT2D eigenvalue weighted by Gasteiger charge is 2.28. The van der Waals surface area contributed by atoms with Crippen molar-refractivity contribution >= 4 is 23.5 Å². The molecule has 0 saturated heterocycles. The molecule has 1 aliphatic rings. The molecule has 0 heterocycles. The minimum Gasteiger partial charge on any atom is -0.356 e. The molecule has 1 unspecified atom stereocenters. The van der Waals surface area contributed by atoms with Crippen LogP contribution in [0.4, 0.5) is 0 Å². The first-order valence-corrected chi connectivity index (χ1v) is 12.1. The fourth-order valence-corrected chi connectivity index (χ4v) is 3.79. The Bertz CT molecular complexity index is 598. The van der Waals surface area contributed by atoms with Crippen molar-refractivity contribution in [2.75, 3.05) is 13.1 Å². The Balaban J connectivity index is -0.00000320. The molecule has 0 spiro atoms. The highest BCUT2D eigenvalue weighted by Crippen LogP contribution is 2.27. The van der Waals surface area contributed by atoms with Crippen molar-refractivity contribution < 1.29 is 23.5 Å². The molecule has 7 nitrogen and oxygen atoms in total. The summed E-state index contributed by atoms with van der Waals surface area (Å²) in [6.45, 7) is 9.25. The van der Waals surface area contributed by atoms with Gasteiger partial charge in [-0.3, -0.25) is 19.2 Å². The van der Waals surface area contributed by atoms with Crippen LogP contribution in [0, 0.1) is 17.8 Å². The van der Waals surface area contributed by atoms with E-state index in [0.29, 0.717) is 56.9 Å². The third kappa shape index (κ3) is 11.9. The number of carbonyl (C=O) groups excluding carboxylic acids is 4. The van der Waals surface area contributed by atoms with Crippen molar-refractivity contribution in [2.24, 2.45) is 17.8 Å². The van der Waals surface area contributed by atoms with E-state index in [9.17, 15) is 19.2 Å². The minimum absolute atomic E-state index is 0. The molecule has 31 heavy (non-hydrogen) atoms. The largest absolute Gasteiger partial charge is 0.356 e. The van der Waals surface area contributed by atoms with Gasteiger partial charge in [-0.15, -0.1) is 0 Å². The van der Waals surface area contributed by atoms with Gasteiger partial charge in [0.2, 0.25) is 17.7 Å². The number of ketones is 1. The van der Waals surface area contributed by atoms with E-state index in [0.717, 1.165) is 32.1 Å². The molecule has 1 fully saturated rings. The lowest BCUT2D eigenvalue weighted by Gasteiger charge is -2.29. The maximum Gasteiger partial charge on any atom is 0.220 e. The molecule has 0 bridgehead atoms. The normalized spacial score (nSPS) is 19.5. The molecule has 0 aromatic heterocycles. The van der Waals surface area contributed by atoms with Crippen molar-refractivity contribution in [3.63, 3.8) is 0 Å². The Morgan fingerprint density at radius 1 is 0.839 bits per heavy atom. The fourth-order valence-electron chi connectivity index (χ4n) is 3.79. The molecular formula is C24H49N3O4. The maximum absolute atomic E-state index is 12.1. The lowest BCUT2D eigenvalue weighted by atomic mass is 9.80. The first kappa shape index (κ1) is 27.1. The molecule has 0 radical (unpaired) electrons. The van der Waals surface area contributed by atoms with E-state index in [4.69, 9.17) is 0 Å². The first-order chi connectivity index (χ1) is 14.7. The van der Waals surface area contributed by atoms with Crippen molar-refractivity contribution in [3.05, 3.63) is 0 Å². The zero-order valence-electron chi connectivity index (χ0n) is 19.9. The lowest BCUT2D eigenvalue weighted by Crippen LogP contribution is -2.39. The summed E-state index contributed by atoms with van der Waals surface area (Å²) in [5.41, 5.74) is 0. The first-order valence-electron chi connectivity index (χ1n) is 12.1. The minimum atomic E-state index is -0.0829. The molecule has 1 rings (SSSR count). The van der Waals surface area contributed by atoms with E-state index >= 15 is 0 Å². The summed E-state index contributed by atoms with van der Waals surface area (Å²) in [5.74, 6) is 0.947. The molecule has 0 aliphatic heterocycles. The molecule has 0 aromatic rings. The van der Waals surface area contributed by atoms with E-state index in [1.807, 2.05) is 13.8 Å². The van der Waals surface area contributed by atoms with Crippen LogP contribution < -0.4 is 16.0 Å². The van der Waals surface area contributed by atoms with Gasteiger partial charge < -0.3 is 16.0 Å². The van der Waals surface area contributed by atoms with Crippen LogP contribution in [-0.4, -0.2) is 42.6 Å². The number of carbonyl (C=O) groups is 4. The molecule has 1 aliphatic carbocycles. The molecule has 3 amide bonds. The lowest BCUT2D eigenvalue weighted by molar-refractivity contribution is -0.127. The van der Waals surface area contributed by atoms with Crippen LogP contribution in [0.15, 0.2) is 0 Å². The van der Waals surface area contributed by atoms with Gasteiger partial charge in [-0.2, -0.15) is 0 Å². The zero-order valence-corrected chi connectivity index (χ0v) is 19.9. The van der Waals surface area contributed by atoms with E-state index in [-0.39, 0.29) is 39.9 Å². The van der Waals surface area contributed by atoms with Gasteiger partial charge in [0.05, 0.1) is 0 Å². The molecule has 184 valence electrons. The quantitative estimate of drug-likeness (QED) is 0.355. The Labute approximate surface area is 192 Å². The molecule has 1 saturated carbocycles. The van der Waals surface area contributed by atoms with Gasteiger partial charge in [0.1, 0.15) is 5.78 Å². The van der Waals surface area contributed by atoms with Crippen LogP contribution in [0.2, 0.25) is 0 Å². The molecule has 3 N–H and O–H groups in total. The maximum atomic E-state index is 12.1. The van der Waals surface area contributed by atoms with Crippen molar-refractivity contribution in [3.8, 4) is 0 Å². The van der Waals surface area contributed by atoms with Crippen LogP contribution in [0.25, 0.3) is 0 Å². The summed E-state index contributed by atoms with van der Waals surface area (Å²) in [5, 5.41) is 8.76. The van der Waals surface area contributed by atoms with Crippen molar-refractivity contribution in [1.82, 2.24) is 16.0 Å². The van der Waals surface area contributed by atoms with Gasteiger partial charge in [-0.25, -0.2) is 0 Å². The van der Waals surface area contributed by atoms with Crippen LogP contribution in [0.5, 0.6) is 0 Å². The van der Waals surface area contributed by atoms with Crippen molar-refractivity contribution in [2.45, 2.75) is 97.9 Å². The smallest absolute Gasteiger partial charge is 0.220 e. The second-order valence-electron chi connectivity index (χ2n) is 9.30. The SMILES string of the molecule is CCC(C)CNC(=O)CCCNC(=O)CCCC(=O)NC1CCC(C(=O)C(C)C)CC1.[HH].[HH].[HH]. The number of rotatable bonds is 14. The molecular weight excluding hydrogens is 394 g/mol. The topological polar surface area (TPSA) is 104 Å². The second kappa shape index (κ2) is 15.0. The summed E-state index contributed by atoms with van der Waals surface area (Å²) in [7, 11) is 0. The van der Waals surface area contributed by atoms with Gasteiger partial charge in [0.25, 0.3) is 0 Å². The van der Waals surface area contributed by atoms with Gasteiger partial charge in [0, 0.05) is 54.5 Å². The van der Waals surface area contributed by atoms with Crippen LogP contribution in [0.1, 0.15) is 96.2 Å². The van der Waals surface area contributed by atoms with Crippen molar-refractivity contribution in [1.29, 1.82) is 0 Å². The third-order valence-corrected chi connectivity index (χ3v) is 6.12. The molecule has 1 atom stereocenters. The standard InChI is InChI=1S/C24H43N3O4.3H2/c1-5-18(4)16-26-22(29)10-7-15-25-21(28)8-6-9-23(30)27-20-13-11-19(12-14-20)24(31)17(2)3;;;/h17-20H,5-16H2,1-4H3,(H,25,28)(H,26,29)(H,27,30);3*1H. The average Bonchev–Trinajstić information content (AvgIpc) is 2.74. The van der Waals surface area contributed by atoms with E-state index in [2.05, 4.69) is 29.8 Å². The second-order valence-corrected chi connectivity index (χ2v) is 9.30. The number of amides is 3. The Morgan fingerprint density at radius 3 is 2.03 bits per heavy atom. The van der Waals surface area contributed by atoms with Crippen LogP contribution >= 0.6 is 0 Å². The summed E-state index contributed by atoms with van der Waals surface area (Å²) < 4.78 is 0. The number of nitrogens with one attached hydrogen (secondary N) is 3. The monoisotopic (exact) mass is 443 g/mol.